The van der Waals surface area contributed by atoms with Crippen molar-refractivity contribution in [2.75, 3.05) is 18.8 Å². The molecule has 1 saturated carbocycles. The molecule has 1 aliphatic carbocycles. The number of aromatic nitrogens is 1. The Labute approximate surface area is 118 Å². The number of hydrogen-bond donors (Lipinski definition) is 1. The van der Waals surface area contributed by atoms with Gasteiger partial charge in [0.1, 0.15) is 10.7 Å². The van der Waals surface area contributed by atoms with Gasteiger partial charge in [-0.3, -0.25) is 0 Å². The van der Waals surface area contributed by atoms with Crippen molar-refractivity contribution in [2.45, 2.75) is 31.1 Å². The zero-order valence-corrected chi connectivity index (χ0v) is 12.4. The molecule has 7 heteroatoms. The number of rotatable bonds is 5. The van der Waals surface area contributed by atoms with Crippen molar-refractivity contribution < 1.29 is 8.42 Å². The zero-order valence-electron chi connectivity index (χ0n) is 10.8. The van der Waals surface area contributed by atoms with Gasteiger partial charge in [0.25, 0.3) is 0 Å². The summed E-state index contributed by atoms with van der Waals surface area (Å²) in [7, 11) is -3.53. The first kappa shape index (κ1) is 14.6. The van der Waals surface area contributed by atoms with E-state index in [0.29, 0.717) is 19.0 Å². The van der Waals surface area contributed by atoms with Crippen LogP contribution in [0.4, 0.5) is 5.82 Å². The average Bonchev–Trinajstić information content (AvgIpc) is 2.31. The van der Waals surface area contributed by atoms with Crippen LogP contribution in [-0.2, 0) is 10.0 Å². The summed E-state index contributed by atoms with van der Waals surface area (Å²) in [5, 5.41) is 0.167. The minimum atomic E-state index is -3.53. The molecule has 1 heterocycles. The topological polar surface area (TPSA) is 76.3 Å². The molecule has 0 spiro atoms. The lowest BCUT2D eigenvalue weighted by Gasteiger charge is -2.31. The first-order chi connectivity index (χ1) is 8.95. The second-order valence-electron chi connectivity index (χ2n) is 4.79. The van der Waals surface area contributed by atoms with Crippen LogP contribution in [0.15, 0.2) is 17.2 Å². The van der Waals surface area contributed by atoms with E-state index in [1.54, 1.807) is 0 Å². The molecule has 0 aromatic carbocycles. The molecule has 0 saturated heterocycles. The smallest absolute Gasteiger partial charge is 0.244 e. The van der Waals surface area contributed by atoms with Crippen LogP contribution < -0.4 is 5.73 Å². The molecule has 106 valence electrons. The standard InChI is InChI=1S/C12H18ClN3O2S/c1-2-16(8-9-4-3-5-9)19(17,18)10-6-11(13)12(14)15-7-10/h6-7,9H,2-5,8H2,1H3,(H2,14,15). The molecule has 1 fully saturated rings. The summed E-state index contributed by atoms with van der Waals surface area (Å²) in [6, 6.07) is 1.36. The maximum atomic E-state index is 12.5. The molecule has 1 aliphatic rings. The van der Waals surface area contributed by atoms with Crippen molar-refractivity contribution >= 4 is 27.4 Å². The Hall–Kier alpha value is -0.850. The van der Waals surface area contributed by atoms with E-state index in [-0.39, 0.29) is 15.7 Å². The van der Waals surface area contributed by atoms with Crippen molar-refractivity contribution in [3.05, 3.63) is 17.3 Å². The predicted molar refractivity (Wildman–Crippen MR) is 75.4 cm³/mol. The highest BCUT2D eigenvalue weighted by molar-refractivity contribution is 7.89. The lowest BCUT2D eigenvalue weighted by molar-refractivity contribution is 0.250. The monoisotopic (exact) mass is 303 g/mol. The van der Waals surface area contributed by atoms with Gasteiger partial charge < -0.3 is 5.73 Å². The van der Waals surface area contributed by atoms with Gasteiger partial charge >= 0.3 is 0 Å². The number of hydrogen-bond acceptors (Lipinski definition) is 4. The Morgan fingerprint density at radius 3 is 2.68 bits per heavy atom. The number of nitrogen functional groups attached to an aromatic ring is 1. The summed E-state index contributed by atoms with van der Waals surface area (Å²) >= 11 is 5.84. The SMILES string of the molecule is CCN(CC1CCC1)S(=O)(=O)c1cnc(N)c(Cl)c1. The largest absolute Gasteiger partial charge is 0.382 e. The number of pyridine rings is 1. The van der Waals surface area contributed by atoms with Crippen LogP contribution in [-0.4, -0.2) is 30.8 Å². The predicted octanol–water partition coefficient (Wildman–Crippen LogP) is 2.13. The zero-order chi connectivity index (χ0) is 14.0. The first-order valence-electron chi connectivity index (χ1n) is 6.36. The molecule has 0 atom stereocenters. The molecule has 0 unspecified atom stereocenters. The van der Waals surface area contributed by atoms with Gasteiger partial charge in [0, 0.05) is 19.3 Å². The van der Waals surface area contributed by atoms with E-state index in [1.165, 1.54) is 23.0 Å². The lowest BCUT2D eigenvalue weighted by Crippen LogP contribution is -2.37. The van der Waals surface area contributed by atoms with Gasteiger partial charge in [0.2, 0.25) is 10.0 Å². The van der Waals surface area contributed by atoms with Crippen LogP contribution in [0.2, 0.25) is 5.02 Å². The third-order valence-electron chi connectivity index (χ3n) is 3.52. The van der Waals surface area contributed by atoms with Gasteiger partial charge in [-0.2, -0.15) is 4.31 Å². The van der Waals surface area contributed by atoms with Crippen molar-refractivity contribution in [2.24, 2.45) is 5.92 Å². The minimum Gasteiger partial charge on any atom is -0.382 e. The summed E-state index contributed by atoms with van der Waals surface area (Å²) in [4.78, 5) is 3.92. The van der Waals surface area contributed by atoms with Crippen LogP contribution in [0.1, 0.15) is 26.2 Å². The van der Waals surface area contributed by atoms with Crippen molar-refractivity contribution in [3.8, 4) is 0 Å². The lowest BCUT2D eigenvalue weighted by atomic mass is 9.85. The fraction of sp³-hybridized carbons (Fsp3) is 0.583. The Morgan fingerprint density at radius 2 is 2.21 bits per heavy atom. The first-order valence-corrected chi connectivity index (χ1v) is 8.18. The summed E-state index contributed by atoms with van der Waals surface area (Å²) in [6.45, 7) is 2.85. The minimum absolute atomic E-state index is 0.105. The van der Waals surface area contributed by atoms with Crippen LogP contribution in [0.25, 0.3) is 0 Å². The molecule has 0 amide bonds. The Bertz CT molecular complexity index is 558. The Kier molecular flexibility index (Phi) is 4.32. The quantitative estimate of drug-likeness (QED) is 0.904. The Morgan fingerprint density at radius 1 is 1.53 bits per heavy atom. The summed E-state index contributed by atoms with van der Waals surface area (Å²) in [6.07, 6.45) is 4.66. The van der Waals surface area contributed by atoms with Crippen molar-refractivity contribution in [1.82, 2.24) is 9.29 Å². The average molecular weight is 304 g/mol. The van der Waals surface area contributed by atoms with Crippen molar-refractivity contribution in [3.63, 3.8) is 0 Å². The maximum absolute atomic E-state index is 12.5. The number of nitrogens with two attached hydrogens (primary N) is 1. The van der Waals surface area contributed by atoms with E-state index in [1.807, 2.05) is 6.92 Å². The fourth-order valence-electron chi connectivity index (χ4n) is 2.08. The van der Waals surface area contributed by atoms with Crippen molar-refractivity contribution in [1.29, 1.82) is 0 Å². The van der Waals surface area contributed by atoms with E-state index in [9.17, 15) is 8.42 Å². The third-order valence-corrected chi connectivity index (χ3v) is 5.73. The molecule has 0 aliphatic heterocycles. The molecule has 2 N–H and O–H groups in total. The van der Waals surface area contributed by atoms with Gasteiger partial charge in [-0.25, -0.2) is 13.4 Å². The normalized spacial score (nSPS) is 16.6. The molecule has 0 radical (unpaired) electrons. The highest BCUT2D eigenvalue weighted by Gasteiger charge is 2.29. The second-order valence-corrected chi connectivity index (χ2v) is 7.14. The van der Waals surface area contributed by atoms with Gasteiger partial charge in [-0.05, 0) is 24.8 Å². The summed E-state index contributed by atoms with van der Waals surface area (Å²) in [5.74, 6) is 0.620. The molecule has 19 heavy (non-hydrogen) atoms. The highest BCUT2D eigenvalue weighted by atomic mass is 35.5. The van der Waals surface area contributed by atoms with Crippen LogP contribution in [0, 0.1) is 5.92 Å². The molecular formula is C12H18ClN3O2S. The number of nitrogens with zero attached hydrogens (tertiary/aromatic N) is 2. The van der Waals surface area contributed by atoms with Crippen LogP contribution in [0.5, 0.6) is 0 Å². The van der Waals surface area contributed by atoms with E-state index in [2.05, 4.69) is 4.98 Å². The van der Waals surface area contributed by atoms with Gasteiger partial charge in [0.15, 0.2) is 0 Å². The maximum Gasteiger partial charge on any atom is 0.244 e. The van der Waals surface area contributed by atoms with E-state index in [4.69, 9.17) is 17.3 Å². The van der Waals surface area contributed by atoms with E-state index in [0.717, 1.165) is 12.8 Å². The number of halogens is 1. The molecule has 1 aromatic rings. The summed E-state index contributed by atoms with van der Waals surface area (Å²) in [5.41, 5.74) is 5.50. The second kappa shape index (κ2) is 5.64. The highest BCUT2D eigenvalue weighted by Crippen LogP contribution is 2.29. The molecule has 5 nitrogen and oxygen atoms in total. The van der Waals surface area contributed by atoms with Gasteiger partial charge in [0.05, 0.1) is 5.02 Å². The van der Waals surface area contributed by atoms with Gasteiger partial charge in [-0.1, -0.05) is 24.9 Å². The summed E-state index contributed by atoms with van der Waals surface area (Å²) < 4.78 is 26.5. The number of anilines is 1. The molecule has 2 rings (SSSR count). The van der Waals surface area contributed by atoms with E-state index >= 15 is 0 Å². The molecular weight excluding hydrogens is 286 g/mol. The third kappa shape index (κ3) is 3.01. The van der Waals surface area contributed by atoms with E-state index < -0.39 is 10.0 Å². The molecule has 0 bridgehead atoms. The number of sulfonamides is 1. The Balaban J connectivity index is 2.25. The van der Waals surface area contributed by atoms with Gasteiger partial charge in [-0.15, -0.1) is 0 Å². The molecule has 1 aromatic heterocycles. The van der Waals surface area contributed by atoms with Crippen LogP contribution >= 0.6 is 11.6 Å². The van der Waals surface area contributed by atoms with Crippen LogP contribution in [0.3, 0.4) is 0 Å². The fourth-order valence-corrected chi connectivity index (χ4v) is 3.81.